The van der Waals surface area contributed by atoms with Gasteiger partial charge in [-0.05, 0) is 12.2 Å². The topological polar surface area (TPSA) is 32.6 Å². The van der Waals surface area contributed by atoms with E-state index in [2.05, 4.69) is 11.6 Å². The van der Waals surface area contributed by atoms with Crippen molar-refractivity contribution in [3.8, 4) is 0 Å². The SMILES string of the molecule is C=C1/C=C(Cl)\C(O)=C/CC=N1. The standard InChI is InChI=1S/C8H8ClNO/c1-6-5-7(9)8(11)3-2-4-10-6/h3-5,11H,1-2H2/b7-5+,8-3+,10-4?. The lowest BCUT2D eigenvalue weighted by molar-refractivity contribution is 0.427. The third-order valence-electron chi connectivity index (χ3n) is 1.21. The van der Waals surface area contributed by atoms with Crippen molar-refractivity contribution in [3.63, 3.8) is 0 Å². The molecule has 0 spiro atoms. The maximum Gasteiger partial charge on any atom is 0.130 e. The highest BCUT2D eigenvalue weighted by atomic mass is 35.5. The lowest BCUT2D eigenvalue weighted by Crippen LogP contribution is -1.87. The van der Waals surface area contributed by atoms with Gasteiger partial charge in [0.2, 0.25) is 0 Å². The van der Waals surface area contributed by atoms with Crippen LogP contribution in [0.3, 0.4) is 0 Å². The summed E-state index contributed by atoms with van der Waals surface area (Å²) in [5, 5.41) is 9.44. The number of hydrogen-bond acceptors (Lipinski definition) is 2. The van der Waals surface area contributed by atoms with E-state index in [-0.39, 0.29) is 10.8 Å². The molecular formula is C8H8ClNO. The first kappa shape index (κ1) is 8.08. The van der Waals surface area contributed by atoms with Gasteiger partial charge in [-0.15, -0.1) is 0 Å². The molecule has 2 nitrogen and oxygen atoms in total. The van der Waals surface area contributed by atoms with Crippen molar-refractivity contribution in [2.45, 2.75) is 6.42 Å². The van der Waals surface area contributed by atoms with Gasteiger partial charge in [-0.3, -0.25) is 4.99 Å². The van der Waals surface area contributed by atoms with Crippen LogP contribution in [0.2, 0.25) is 0 Å². The van der Waals surface area contributed by atoms with Gasteiger partial charge in [0.1, 0.15) is 5.76 Å². The normalized spacial score (nSPS) is 27.9. The summed E-state index contributed by atoms with van der Waals surface area (Å²) in [5.41, 5.74) is 0.551. The van der Waals surface area contributed by atoms with Crippen LogP contribution >= 0.6 is 11.6 Å². The molecule has 1 aliphatic rings. The number of halogens is 1. The van der Waals surface area contributed by atoms with Gasteiger partial charge in [-0.1, -0.05) is 18.2 Å². The molecule has 0 unspecified atom stereocenters. The summed E-state index contributed by atoms with van der Waals surface area (Å²) in [7, 11) is 0. The molecule has 1 heterocycles. The Morgan fingerprint density at radius 3 is 3.09 bits per heavy atom. The predicted octanol–water partition coefficient (Wildman–Crippen LogP) is 2.54. The van der Waals surface area contributed by atoms with Gasteiger partial charge in [-0.25, -0.2) is 0 Å². The van der Waals surface area contributed by atoms with E-state index < -0.39 is 0 Å². The number of hydrogen-bond donors (Lipinski definition) is 1. The van der Waals surface area contributed by atoms with Crippen LogP contribution in [0.15, 0.2) is 40.2 Å². The van der Waals surface area contributed by atoms with Crippen LogP contribution in [-0.2, 0) is 0 Å². The fraction of sp³-hybridized carbons (Fsp3) is 0.125. The fourth-order valence-electron chi connectivity index (χ4n) is 0.689. The van der Waals surface area contributed by atoms with Gasteiger partial charge in [0.15, 0.2) is 0 Å². The molecule has 1 aliphatic heterocycles. The van der Waals surface area contributed by atoms with E-state index in [0.29, 0.717) is 12.1 Å². The molecule has 1 rings (SSSR count). The average molecular weight is 170 g/mol. The van der Waals surface area contributed by atoms with Crippen molar-refractivity contribution in [2.24, 2.45) is 4.99 Å². The Morgan fingerprint density at radius 2 is 2.36 bits per heavy atom. The average Bonchev–Trinajstić information content (AvgIpc) is 1.95. The molecule has 11 heavy (non-hydrogen) atoms. The maximum atomic E-state index is 9.16. The summed E-state index contributed by atoms with van der Waals surface area (Å²) >= 11 is 5.65. The highest BCUT2D eigenvalue weighted by Gasteiger charge is 2.00. The summed E-state index contributed by atoms with van der Waals surface area (Å²) in [6.07, 6.45) is 5.35. The molecule has 0 aromatic heterocycles. The van der Waals surface area contributed by atoms with Crippen LogP contribution in [0.25, 0.3) is 0 Å². The molecule has 0 aromatic rings. The second-order valence-corrected chi connectivity index (χ2v) is 2.53. The molecule has 3 heteroatoms. The van der Waals surface area contributed by atoms with Gasteiger partial charge in [0, 0.05) is 12.6 Å². The van der Waals surface area contributed by atoms with E-state index in [1.807, 2.05) is 0 Å². The monoisotopic (exact) mass is 169 g/mol. The summed E-state index contributed by atoms with van der Waals surface area (Å²) in [4.78, 5) is 3.93. The molecule has 58 valence electrons. The minimum Gasteiger partial charge on any atom is -0.507 e. The van der Waals surface area contributed by atoms with Crippen molar-refractivity contribution < 1.29 is 5.11 Å². The Balaban J connectivity index is 2.97. The molecule has 0 bridgehead atoms. The molecule has 0 radical (unpaired) electrons. The Morgan fingerprint density at radius 1 is 1.64 bits per heavy atom. The van der Waals surface area contributed by atoms with Gasteiger partial charge >= 0.3 is 0 Å². The zero-order valence-corrected chi connectivity index (χ0v) is 6.67. The fourth-order valence-corrected chi connectivity index (χ4v) is 0.892. The number of aliphatic imine (C=N–C) groups is 1. The molecule has 0 fully saturated rings. The summed E-state index contributed by atoms with van der Waals surface area (Å²) in [6.45, 7) is 3.60. The molecule has 0 aromatic carbocycles. The van der Waals surface area contributed by atoms with Crippen LogP contribution in [0, 0.1) is 0 Å². The predicted molar refractivity (Wildman–Crippen MR) is 46.9 cm³/mol. The quantitative estimate of drug-likeness (QED) is 0.594. The molecule has 0 atom stereocenters. The van der Waals surface area contributed by atoms with Crippen molar-refractivity contribution in [2.75, 3.05) is 0 Å². The second kappa shape index (κ2) is 3.39. The first-order valence-corrected chi connectivity index (χ1v) is 3.56. The molecule has 1 N–H and O–H groups in total. The van der Waals surface area contributed by atoms with Crippen LogP contribution < -0.4 is 0 Å². The lowest BCUT2D eigenvalue weighted by atomic mass is 10.3. The highest BCUT2D eigenvalue weighted by molar-refractivity contribution is 6.31. The number of aliphatic hydroxyl groups is 1. The van der Waals surface area contributed by atoms with E-state index in [4.69, 9.17) is 16.7 Å². The van der Waals surface area contributed by atoms with Gasteiger partial charge in [-0.2, -0.15) is 0 Å². The maximum absolute atomic E-state index is 9.16. The zero-order valence-electron chi connectivity index (χ0n) is 5.92. The van der Waals surface area contributed by atoms with E-state index >= 15 is 0 Å². The van der Waals surface area contributed by atoms with E-state index in [1.165, 1.54) is 6.08 Å². The smallest absolute Gasteiger partial charge is 0.130 e. The van der Waals surface area contributed by atoms with E-state index in [0.717, 1.165) is 0 Å². The molecule has 0 amide bonds. The zero-order chi connectivity index (χ0) is 8.27. The molecule has 0 saturated carbocycles. The third kappa shape index (κ3) is 2.24. The van der Waals surface area contributed by atoms with Gasteiger partial charge < -0.3 is 5.11 Å². The third-order valence-corrected chi connectivity index (χ3v) is 1.51. The Hall–Kier alpha value is -1.02. The lowest BCUT2D eigenvalue weighted by Gasteiger charge is -2.00. The first-order valence-electron chi connectivity index (χ1n) is 3.18. The number of nitrogens with zero attached hydrogens (tertiary/aromatic N) is 1. The molecule has 0 saturated heterocycles. The van der Waals surface area contributed by atoms with E-state index in [1.54, 1.807) is 12.3 Å². The summed E-state index contributed by atoms with van der Waals surface area (Å²) in [5.74, 6) is 0.0824. The van der Waals surface area contributed by atoms with Crippen molar-refractivity contribution in [3.05, 3.63) is 35.2 Å². The van der Waals surface area contributed by atoms with Crippen LogP contribution in [0.1, 0.15) is 6.42 Å². The first-order chi connectivity index (χ1) is 5.20. The van der Waals surface area contributed by atoms with E-state index in [9.17, 15) is 0 Å². The highest BCUT2D eigenvalue weighted by Crippen LogP contribution is 2.16. The minimum absolute atomic E-state index is 0.0824. The Labute approximate surface area is 70.2 Å². The second-order valence-electron chi connectivity index (χ2n) is 2.12. The number of allylic oxidation sites excluding steroid dienone is 3. The van der Waals surface area contributed by atoms with Crippen molar-refractivity contribution >= 4 is 17.8 Å². The van der Waals surface area contributed by atoms with Crippen LogP contribution in [0.4, 0.5) is 0 Å². The van der Waals surface area contributed by atoms with Crippen molar-refractivity contribution in [1.29, 1.82) is 0 Å². The summed E-state index contributed by atoms with van der Waals surface area (Å²) < 4.78 is 0. The Bertz CT molecular complexity index is 263. The number of rotatable bonds is 0. The summed E-state index contributed by atoms with van der Waals surface area (Å²) in [6, 6.07) is 0. The van der Waals surface area contributed by atoms with Gasteiger partial charge in [0.05, 0.1) is 10.7 Å². The largest absolute Gasteiger partial charge is 0.507 e. The Kier molecular flexibility index (Phi) is 2.49. The molecular weight excluding hydrogens is 162 g/mol. The number of aliphatic hydroxyl groups excluding tert-OH is 1. The van der Waals surface area contributed by atoms with Crippen LogP contribution in [-0.4, -0.2) is 11.3 Å². The molecule has 0 aliphatic carbocycles. The van der Waals surface area contributed by atoms with Crippen molar-refractivity contribution in [1.82, 2.24) is 0 Å². The van der Waals surface area contributed by atoms with Gasteiger partial charge in [0.25, 0.3) is 0 Å². The minimum atomic E-state index is 0.0824. The van der Waals surface area contributed by atoms with Crippen LogP contribution in [0.5, 0.6) is 0 Å².